The normalized spacial score (nSPS) is 30.8. The number of hydrogen-bond donors (Lipinski definition) is 0. The van der Waals surface area contributed by atoms with Gasteiger partial charge in [0.2, 0.25) is 0 Å². The summed E-state index contributed by atoms with van der Waals surface area (Å²) in [7, 11) is 1.31. The number of hydrogen-bond acceptors (Lipinski definition) is 1. The third kappa shape index (κ3) is 3.54. The third-order valence-electron chi connectivity index (χ3n) is 6.11. The third-order valence-corrected chi connectivity index (χ3v) is 6.11. The lowest BCUT2D eigenvalue weighted by Crippen LogP contribution is -2.30. The molecular formula is C20H28F2O. The number of halogens is 2. The van der Waals surface area contributed by atoms with E-state index in [4.69, 9.17) is 4.74 Å². The van der Waals surface area contributed by atoms with Gasteiger partial charge in [-0.05, 0) is 73.5 Å². The van der Waals surface area contributed by atoms with Gasteiger partial charge in [0.1, 0.15) is 0 Å². The molecule has 0 bridgehead atoms. The van der Waals surface area contributed by atoms with Crippen LogP contribution >= 0.6 is 0 Å². The lowest BCUT2D eigenvalue weighted by molar-refractivity contribution is 0.114. The van der Waals surface area contributed by atoms with Crippen LogP contribution in [0.4, 0.5) is 8.78 Å². The van der Waals surface area contributed by atoms with Gasteiger partial charge in [-0.25, -0.2) is 8.78 Å². The van der Waals surface area contributed by atoms with Gasteiger partial charge in [0.15, 0.2) is 17.4 Å². The van der Waals surface area contributed by atoms with E-state index in [0.29, 0.717) is 5.92 Å². The Labute approximate surface area is 138 Å². The summed E-state index contributed by atoms with van der Waals surface area (Å²) in [5.74, 6) is 1.39. The molecule has 0 saturated heterocycles. The number of benzene rings is 1. The summed E-state index contributed by atoms with van der Waals surface area (Å²) in [5, 5.41) is 0. The molecule has 0 aliphatic heterocycles. The molecule has 0 amide bonds. The largest absolute Gasteiger partial charge is 0.491 e. The summed E-state index contributed by atoms with van der Waals surface area (Å²) in [5.41, 5.74) is 0.815. The van der Waals surface area contributed by atoms with Gasteiger partial charge in [-0.3, -0.25) is 0 Å². The van der Waals surface area contributed by atoms with E-state index in [1.807, 2.05) is 0 Å². The number of ether oxygens (including phenoxy) is 1. The van der Waals surface area contributed by atoms with Gasteiger partial charge < -0.3 is 4.74 Å². The minimum Gasteiger partial charge on any atom is -0.491 e. The minimum absolute atomic E-state index is 0.262. The monoisotopic (exact) mass is 322 g/mol. The van der Waals surface area contributed by atoms with E-state index in [-0.39, 0.29) is 5.75 Å². The van der Waals surface area contributed by atoms with Crippen molar-refractivity contribution in [2.75, 3.05) is 7.11 Å². The molecule has 1 aromatic carbocycles. The Hall–Kier alpha value is -1.12. The van der Waals surface area contributed by atoms with Crippen molar-refractivity contribution >= 4 is 0 Å². The van der Waals surface area contributed by atoms with Gasteiger partial charge in [0.05, 0.1) is 7.11 Å². The van der Waals surface area contributed by atoms with Crippen LogP contribution in [0.3, 0.4) is 0 Å². The molecule has 0 spiro atoms. The fourth-order valence-electron chi connectivity index (χ4n) is 4.97. The van der Waals surface area contributed by atoms with E-state index in [2.05, 4.69) is 6.92 Å². The standard InChI is InChI=1S/C20H28F2O/c1-3-4-13-5-6-15-10-16(8-7-14(15)9-13)17-11-18(21)20(23-2)19(22)12-17/h11-16H,3-10H2,1-2H3/t13-,14-,15-,16-/m1/s1. The molecule has 23 heavy (non-hydrogen) atoms. The molecule has 0 N–H and O–H groups in total. The van der Waals surface area contributed by atoms with Crippen molar-refractivity contribution in [1.29, 1.82) is 0 Å². The van der Waals surface area contributed by atoms with Crippen molar-refractivity contribution in [2.24, 2.45) is 17.8 Å². The fourth-order valence-corrected chi connectivity index (χ4v) is 4.97. The van der Waals surface area contributed by atoms with Gasteiger partial charge >= 0.3 is 0 Å². The molecule has 1 nitrogen and oxygen atoms in total. The zero-order chi connectivity index (χ0) is 16.4. The second-order valence-electron chi connectivity index (χ2n) is 7.52. The minimum atomic E-state index is -0.573. The van der Waals surface area contributed by atoms with Crippen LogP contribution in [0.2, 0.25) is 0 Å². The maximum Gasteiger partial charge on any atom is 0.190 e. The number of rotatable bonds is 4. The summed E-state index contributed by atoms with van der Waals surface area (Å²) in [6, 6.07) is 2.96. The van der Waals surface area contributed by atoms with E-state index < -0.39 is 11.6 Å². The van der Waals surface area contributed by atoms with Gasteiger partial charge in [-0.1, -0.05) is 26.2 Å². The lowest BCUT2D eigenvalue weighted by Gasteiger charge is -2.42. The first-order valence-electron chi connectivity index (χ1n) is 9.15. The van der Waals surface area contributed by atoms with Crippen molar-refractivity contribution in [3.05, 3.63) is 29.3 Å². The van der Waals surface area contributed by atoms with Crippen molar-refractivity contribution in [2.45, 2.75) is 64.2 Å². The summed E-state index contributed by atoms with van der Waals surface area (Å²) < 4.78 is 32.7. The van der Waals surface area contributed by atoms with E-state index in [9.17, 15) is 8.78 Å². The average Bonchev–Trinajstić information content (AvgIpc) is 2.54. The highest BCUT2D eigenvalue weighted by Gasteiger charge is 2.36. The van der Waals surface area contributed by atoms with Crippen LogP contribution in [0, 0.1) is 29.4 Å². The topological polar surface area (TPSA) is 9.23 Å². The predicted molar refractivity (Wildman–Crippen MR) is 88.7 cm³/mol. The molecule has 2 saturated carbocycles. The molecule has 2 fully saturated rings. The second kappa shape index (κ2) is 7.19. The molecule has 0 aromatic heterocycles. The molecule has 128 valence electrons. The van der Waals surface area contributed by atoms with Crippen LogP contribution in [0.25, 0.3) is 0 Å². The van der Waals surface area contributed by atoms with Gasteiger partial charge in [-0.2, -0.15) is 0 Å². The Kier molecular flexibility index (Phi) is 5.23. The van der Waals surface area contributed by atoms with Crippen molar-refractivity contribution in [3.8, 4) is 5.75 Å². The quantitative estimate of drug-likeness (QED) is 0.653. The van der Waals surface area contributed by atoms with Crippen LogP contribution in [0.15, 0.2) is 12.1 Å². The first-order chi connectivity index (χ1) is 11.1. The Balaban J connectivity index is 1.69. The highest BCUT2D eigenvalue weighted by Crippen LogP contribution is 2.48. The lowest BCUT2D eigenvalue weighted by atomic mass is 9.63. The number of methoxy groups -OCH3 is 1. The smallest absolute Gasteiger partial charge is 0.190 e. The Morgan fingerprint density at radius 3 is 2.30 bits per heavy atom. The van der Waals surface area contributed by atoms with Crippen LogP contribution in [0.5, 0.6) is 5.75 Å². The Bertz CT molecular complexity index is 519. The van der Waals surface area contributed by atoms with Gasteiger partial charge in [0.25, 0.3) is 0 Å². The maximum absolute atomic E-state index is 14.0. The summed E-state index contributed by atoms with van der Waals surface area (Å²) in [6.07, 6.45) is 10.0. The fraction of sp³-hybridized carbons (Fsp3) is 0.700. The molecule has 2 aliphatic carbocycles. The molecule has 0 heterocycles. The molecule has 4 atom stereocenters. The Morgan fingerprint density at radius 1 is 1.00 bits per heavy atom. The first-order valence-corrected chi connectivity index (χ1v) is 9.15. The summed E-state index contributed by atoms with van der Waals surface area (Å²) in [4.78, 5) is 0. The summed E-state index contributed by atoms with van der Waals surface area (Å²) in [6.45, 7) is 2.27. The molecule has 0 unspecified atom stereocenters. The number of fused-ring (bicyclic) bond motifs is 1. The first kappa shape index (κ1) is 16.7. The van der Waals surface area contributed by atoms with Crippen molar-refractivity contribution in [3.63, 3.8) is 0 Å². The molecule has 2 aliphatic rings. The van der Waals surface area contributed by atoms with E-state index in [0.717, 1.165) is 36.2 Å². The van der Waals surface area contributed by atoms with E-state index in [1.165, 1.54) is 57.8 Å². The van der Waals surface area contributed by atoms with E-state index in [1.54, 1.807) is 0 Å². The van der Waals surface area contributed by atoms with Gasteiger partial charge in [0, 0.05) is 0 Å². The van der Waals surface area contributed by atoms with Gasteiger partial charge in [-0.15, -0.1) is 0 Å². The van der Waals surface area contributed by atoms with E-state index >= 15 is 0 Å². The predicted octanol–water partition coefficient (Wildman–Crippen LogP) is 6.07. The maximum atomic E-state index is 14.0. The van der Waals surface area contributed by atoms with Crippen LogP contribution < -0.4 is 4.74 Å². The molecule has 1 aromatic rings. The highest BCUT2D eigenvalue weighted by molar-refractivity contribution is 5.33. The van der Waals surface area contributed by atoms with Crippen molar-refractivity contribution < 1.29 is 13.5 Å². The molecule has 3 rings (SSSR count). The highest BCUT2D eigenvalue weighted by atomic mass is 19.1. The summed E-state index contributed by atoms with van der Waals surface area (Å²) >= 11 is 0. The van der Waals surface area contributed by atoms with Crippen LogP contribution in [-0.2, 0) is 0 Å². The Morgan fingerprint density at radius 2 is 1.65 bits per heavy atom. The van der Waals surface area contributed by atoms with Crippen LogP contribution in [-0.4, -0.2) is 7.11 Å². The second-order valence-corrected chi connectivity index (χ2v) is 7.52. The average molecular weight is 322 g/mol. The zero-order valence-corrected chi connectivity index (χ0v) is 14.3. The molecular weight excluding hydrogens is 294 g/mol. The van der Waals surface area contributed by atoms with Crippen molar-refractivity contribution in [1.82, 2.24) is 0 Å². The zero-order valence-electron chi connectivity index (χ0n) is 14.3. The molecule has 3 heteroatoms. The molecule has 0 radical (unpaired) electrons. The van der Waals surface area contributed by atoms with Crippen LogP contribution in [0.1, 0.15) is 69.8 Å². The SMILES string of the molecule is CCC[C@@H]1CC[C@@H]2C[C@H](c3cc(F)c(OC)c(F)c3)CC[C@@H]2C1.